The number of nitrogens with one attached hydrogen (secondary N) is 1. The average molecular weight is 242 g/mol. The van der Waals surface area contributed by atoms with E-state index in [1.807, 2.05) is 18.2 Å². The number of aromatic nitrogens is 1. The summed E-state index contributed by atoms with van der Waals surface area (Å²) in [6, 6.07) is 10.6. The summed E-state index contributed by atoms with van der Waals surface area (Å²) in [5, 5.41) is 2.84. The topological polar surface area (TPSA) is 42.0 Å². The summed E-state index contributed by atoms with van der Waals surface area (Å²) in [6.07, 6.45) is 1.40. The molecule has 0 spiro atoms. The van der Waals surface area contributed by atoms with E-state index < -0.39 is 0 Å². The molecule has 2 radical (unpaired) electrons. The van der Waals surface area contributed by atoms with E-state index in [4.69, 9.17) is 19.4 Å². The lowest BCUT2D eigenvalue weighted by atomic mass is 9.97. The van der Waals surface area contributed by atoms with Crippen molar-refractivity contribution in [3.63, 3.8) is 0 Å². The third-order valence-electron chi connectivity index (χ3n) is 2.14. The van der Waals surface area contributed by atoms with Gasteiger partial charge in [0, 0.05) is 11.9 Å². The van der Waals surface area contributed by atoms with Gasteiger partial charge in [0.05, 0.1) is 5.56 Å². The highest BCUT2D eigenvalue weighted by atomic mass is 35.5. The van der Waals surface area contributed by atoms with Crippen molar-refractivity contribution < 1.29 is 4.79 Å². The van der Waals surface area contributed by atoms with E-state index in [1.54, 1.807) is 12.1 Å². The Labute approximate surface area is 105 Å². The molecule has 1 N–H and O–H groups in total. The summed E-state index contributed by atoms with van der Waals surface area (Å²) in [6.45, 7) is 0. The van der Waals surface area contributed by atoms with Crippen molar-refractivity contribution in [2.24, 2.45) is 0 Å². The van der Waals surface area contributed by atoms with Crippen LogP contribution in [0.25, 0.3) is 0 Å². The minimum Gasteiger partial charge on any atom is -0.322 e. The smallest absolute Gasteiger partial charge is 0.258 e. The van der Waals surface area contributed by atoms with Crippen LogP contribution in [-0.4, -0.2) is 18.7 Å². The van der Waals surface area contributed by atoms with Gasteiger partial charge in [0.15, 0.2) is 0 Å². The Morgan fingerprint density at radius 1 is 1.29 bits per heavy atom. The molecule has 0 saturated carbocycles. The summed E-state index contributed by atoms with van der Waals surface area (Å²) in [5.41, 5.74) is 1.35. The number of pyridine rings is 1. The first kappa shape index (κ1) is 11.7. The fraction of sp³-hybridized carbons (Fsp3) is 0. The fourth-order valence-electron chi connectivity index (χ4n) is 1.34. The van der Waals surface area contributed by atoms with Gasteiger partial charge in [-0.1, -0.05) is 41.3 Å². The Hall–Kier alpha value is -1.81. The Morgan fingerprint density at radius 2 is 2.00 bits per heavy atom. The Morgan fingerprint density at radius 3 is 2.71 bits per heavy atom. The molecule has 0 aliphatic heterocycles. The normalized spacial score (nSPS) is 9.94. The maximum Gasteiger partial charge on any atom is 0.258 e. The van der Waals surface area contributed by atoms with Crippen LogP contribution in [0, 0.1) is 0 Å². The molecule has 0 unspecified atom stereocenters. The molecule has 5 heteroatoms. The second-order valence-electron chi connectivity index (χ2n) is 3.43. The minimum atomic E-state index is -0.332. The third kappa shape index (κ3) is 2.85. The van der Waals surface area contributed by atoms with Crippen LogP contribution in [0.3, 0.4) is 0 Å². The molecule has 1 aromatic heterocycles. The lowest BCUT2D eigenvalue weighted by Gasteiger charge is -2.06. The molecule has 1 amide bonds. The number of amides is 1. The number of halogens is 1. The third-order valence-corrected chi connectivity index (χ3v) is 2.44. The van der Waals surface area contributed by atoms with E-state index in [0.29, 0.717) is 11.2 Å². The second kappa shape index (κ2) is 5.02. The first-order valence-electron chi connectivity index (χ1n) is 4.94. The molecular weight excluding hydrogens is 234 g/mol. The van der Waals surface area contributed by atoms with Crippen LogP contribution < -0.4 is 10.8 Å². The zero-order valence-corrected chi connectivity index (χ0v) is 9.61. The number of hydrogen-bond acceptors (Lipinski definition) is 2. The molecule has 2 rings (SSSR count). The van der Waals surface area contributed by atoms with Gasteiger partial charge < -0.3 is 5.32 Å². The second-order valence-corrected chi connectivity index (χ2v) is 3.79. The summed E-state index contributed by atoms with van der Waals surface area (Å²) in [7, 11) is 5.56. The van der Waals surface area contributed by atoms with Crippen molar-refractivity contribution in [3.8, 4) is 0 Å². The molecule has 0 atom stereocenters. The van der Waals surface area contributed by atoms with Crippen LogP contribution in [0.5, 0.6) is 0 Å². The zero-order valence-electron chi connectivity index (χ0n) is 8.85. The van der Waals surface area contributed by atoms with Gasteiger partial charge in [-0.05, 0) is 12.1 Å². The fourth-order valence-corrected chi connectivity index (χ4v) is 1.53. The van der Waals surface area contributed by atoms with E-state index in [1.165, 1.54) is 12.3 Å². The van der Waals surface area contributed by atoms with Crippen LogP contribution in [0.2, 0.25) is 5.15 Å². The highest BCUT2D eigenvalue weighted by molar-refractivity contribution is 6.36. The van der Waals surface area contributed by atoms with E-state index in [-0.39, 0.29) is 16.6 Å². The largest absolute Gasteiger partial charge is 0.322 e. The van der Waals surface area contributed by atoms with Crippen LogP contribution in [0.15, 0.2) is 42.6 Å². The van der Waals surface area contributed by atoms with Crippen LogP contribution in [-0.2, 0) is 0 Å². The first-order chi connectivity index (χ1) is 8.16. The van der Waals surface area contributed by atoms with Crippen LogP contribution >= 0.6 is 11.6 Å². The summed E-state index contributed by atoms with van der Waals surface area (Å²) < 4.78 is 0. The molecule has 0 aliphatic carbocycles. The van der Waals surface area contributed by atoms with Gasteiger partial charge in [0.2, 0.25) is 0 Å². The SMILES string of the molecule is [B]c1cnc(Cl)c(C(=O)Nc2ccccc2)c1. The first-order valence-corrected chi connectivity index (χ1v) is 5.32. The van der Waals surface area contributed by atoms with Gasteiger partial charge in [-0.15, -0.1) is 0 Å². The van der Waals surface area contributed by atoms with Gasteiger partial charge >= 0.3 is 0 Å². The summed E-state index contributed by atoms with van der Waals surface area (Å²) >= 11 is 5.83. The molecule has 0 fully saturated rings. The molecule has 0 saturated heterocycles. The van der Waals surface area contributed by atoms with Gasteiger partial charge in [-0.2, -0.15) is 0 Å². The maximum atomic E-state index is 11.9. The molecule has 3 nitrogen and oxygen atoms in total. The van der Waals surface area contributed by atoms with Crippen LogP contribution in [0.1, 0.15) is 10.4 Å². The lowest BCUT2D eigenvalue weighted by molar-refractivity contribution is 0.102. The van der Waals surface area contributed by atoms with Crippen molar-refractivity contribution in [3.05, 3.63) is 53.3 Å². The van der Waals surface area contributed by atoms with Crippen molar-refractivity contribution in [2.45, 2.75) is 0 Å². The minimum absolute atomic E-state index is 0.132. The number of para-hydroxylation sites is 1. The van der Waals surface area contributed by atoms with E-state index in [9.17, 15) is 4.79 Å². The summed E-state index contributed by atoms with van der Waals surface area (Å²) in [5.74, 6) is -0.332. The number of anilines is 1. The maximum absolute atomic E-state index is 11.9. The molecule has 82 valence electrons. The van der Waals surface area contributed by atoms with Crippen molar-refractivity contribution in [1.82, 2.24) is 4.98 Å². The number of carbonyl (C=O) groups excluding carboxylic acids is 1. The highest BCUT2D eigenvalue weighted by Crippen LogP contribution is 2.13. The van der Waals surface area contributed by atoms with E-state index in [0.717, 1.165) is 0 Å². The lowest BCUT2D eigenvalue weighted by Crippen LogP contribution is -2.16. The molecule has 17 heavy (non-hydrogen) atoms. The van der Waals surface area contributed by atoms with E-state index >= 15 is 0 Å². The standard InChI is InChI=1S/C12H8BClN2O/c13-8-6-10(11(14)15-7-8)12(17)16-9-4-2-1-3-5-9/h1-7H,(H,16,17). The zero-order chi connectivity index (χ0) is 12.3. The highest BCUT2D eigenvalue weighted by Gasteiger charge is 2.11. The number of nitrogens with zero attached hydrogens (tertiary/aromatic N) is 1. The monoisotopic (exact) mass is 242 g/mol. The van der Waals surface area contributed by atoms with Crippen molar-refractivity contribution in [1.29, 1.82) is 0 Å². The van der Waals surface area contributed by atoms with Crippen LogP contribution in [0.4, 0.5) is 5.69 Å². The van der Waals surface area contributed by atoms with E-state index in [2.05, 4.69) is 10.3 Å². The van der Waals surface area contributed by atoms with Gasteiger partial charge in [-0.3, -0.25) is 4.79 Å². The van der Waals surface area contributed by atoms with Gasteiger partial charge in [0.1, 0.15) is 13.0 Å². The predicted octanol–water partition coefficient (Wildman–Crippen LogP) is 1.78. The average Bonchev–Trinajstić information content (AvgIpc) is 2.33. The number of benzene rings is 1. The quantitative estimate of drug-likeness (QED) is 0.644. The molecular formula is C12H8BClN2O. The molecule has 1 heterocycles. The Balaban J connectivity index is 2.23. The molecule has 1 aromatic carbocycles. The Bertz CT molecular complexity index is 545. The van der Waals surface area contributed by atoms with Gasteiger partial charge in [0.25, 0.3) is 5.91 Å². The van der Waals surface area contributed by atoms with Gasteiger partial charge in [-0.25, -0.2) is 4.98 Å². The van der Waals surface area contributed by atoms with Crippen molar-refractivity contribution >= 4 is 36.5 Å². The number of rotatable bonds is 2. The number of carbonyl (C=O) groups is 1. The van der Waals surface area contributed by atoms with Crippen molar-refractivity contribution in [2.75, 3.05) is 5.32 Å². The number of hydrogen-bond donors (Lipinski definition) is 1. The molecule has 0 bridgehead atoms. The molecule has 2 aromatic rings. The Kier molecular flexibility index (Phi) is 3.45. The summed E-state index contributed by atoms with van der Waals surface area (Å²) in [4.78, 5) is 15.7. The predicted molar refractivity (Wildman–Crippen MR) is 69.0 cm³/mol. The molecule has 0 aliphatic rings.